The topological polar surface area (TPSA) is 24.7 Å². The second-order valence-corrected chi connectivity index (χ2v) is 3.16. The van der Waals surface area contributed by atoms with Crippen LogP contribution in [0.3, 0.4) is 0 Å². The van der Waals surface area contributed by atoms with E-state index in [0.717, 1.165) is 16.9 Å². The molecule has 1 aliphatic rings. The van der Waals surface area contributed by atoms with Crippen LogP contribution in [0, 0.1) is 6.07 Å². The van der Waals surface area contributed by atoms with Crippen LogP contribution >= 0.6 is 0 Å². The molecule has 65 valence electrons. The molecular weight excluding hydrogens is 172 g/mol. The van der Waals surface area contributed by atoms with Crippen molar-refractivity contribution in [2.45, 2.75) is 0 Å². The van der Waals surface area contributed by atoms with Crippen molar-refractivity contribution in [3.8, 4) is 11.1 Å². The molecular formula is C12H7N2. The van der Waals surface area contributed by atoms with Crippen LogP contribution < -0.4 is 0 Å². The van der Waals surface area contributed by atoms with Crippen molar-refractivity contribution < 1.29 is 0 Å². The fourth-order valence-corrected chi connectivity index (χ4v) is 1.58. The first-order valence-electron chi connectivity index (χ1n) is 4.46. The summed E-state index contributed by atoms with van der Waals surface area (Å²) in [5.74, 6) is 0. The van der Waals surface area contributed by atoms with Gasteiger partial charge in [0.25, 0.3) is 0 Å². The molecule has 0 aliphatic carbocycles. The minimum Gasteiger partial charge on any atom is -0.148 e. The first kappa shape index (κ1) is 7.44. The summed E-state index contributed by atoms with van der Waals surface area (Å²) in [4.78, 5) is 0. The number of fused-ring (bicyclic) bond motifs is 1. The largest absolute Gasteiger partial charge is 0.148 e. The summed E-state index contributed by atoms with van der Waals surface area (Å²) in [5, 5.41) is 7.96. The van der Waals surface area contributed by atoms with E-state index in [1.165, 1.54) is 5.56 Å². The maximum atomic E-state index is 4.02. The highest BCUT2D eigenvalue weighted by molar-refractivity contribution is 5.85. The van der Waals surface area contributed by atoms with E-state index < -0.39 is 0 Å². The molecule has 0 amide bonds. The molecule has 0 fully saturated rings. The Labute approximate surface area is 81.9 Å². The number of rotatable bonds is 1. The average molecular weight is 179 g/mol. The average Bonchev–Trinajstić information content (AvgIpc) is 2.21. The number of hydrogen-bond acceptors (Lipinski definition) is 2. The van der Waals surface area contributed by atoms with Crippen LogP contribution in [0.4, 0.5) is 11.4 Å². The third-order valence-corrected chi connectivity index (χ3v) is 2.30. The molecule has 0 spiro atoms. The minimum absolute atomic E-state index is 0.982. The van der Waals surface area contributed by atoms with Crippen LogP contribution in [-0.2, 0) is 0 Å². The number of benzene rings is 2. The van der Waals surface area contributed by atoms with Crippen molar-refractivity contribution in [3.63, 3.8) is 0 Å². The van der Waals surface area contributed by atoms with Gasteiger partial charge >= 0.3 is 0 Å². The normalized spacial score (nSPS) is 12.0. The molecule has 0 unspecified atom stereocenters. The van der Waals surface area contributed by atoms with Crippen LogP contribution in [0.1, 0.15) is 0 Å². The summed E-state index contributed by atoms with van der Waals surface area (Å²) in [6, 6.07) is 16.9. The van der Waals surface area contributed by atoms with Gasteiger partial charge in [-0.05, 0) is 17.7 Å². The third kappa shape index (κ3) is 0.973. The summed E-state index contributed by atoms with van der Waals surface area (Å²) >= 11 is 0. The maximum absolute atomic E-state index is 4.02. The van der Waals surface area contributed by atoms with E-state index in [9.17, 15) is 0 Å². The van der Waals surface area contributed by atoms with Gasteiger partial charge in [-0.25, -0.2) is 0 Å². The van der Waals surface area contributed by atoms with E-state index in [4.69, 9.17) is 0 Å². The molecule has 0 N–H and O–H groups in total. The molecule has 2 heteroatoms. The Morgan fingerprint density at radius 1 is 0.929 bits per heavy atom. The number of nitrogens with zero attached hydrogens (tertiary/aromatic N) is 2. The number of azo groups is 1. The molecule has 1 heterocycles. The fraction of sp³-hybridized carbons (Fsp3) is 0. The van der Waals surface area contributed by atoms with Crippen LogP contribution in [0.2, 0.25) is 0 Å². The highest BCUT2D eigenvalue weighted by Crippen LogP contribution is 2.44. The van der Waals surface area contributed by atoms with E-state index in [-0.39, 0.29) is 0 Å². The quantitative estimate of drug-likeness (QED) is 0.541. The van der Waals surface area contributed by atoms with Crippen LogP contribution in [0.15, 0.2) is 52.7 Å². The molecule has 2 aromatic rings. The van der Waals surface area contributed by atoms with Crippen LogP contribution in [0.25, 0.3) is 11.1 Å². The zero-order valence-electron chi connectivity index (χ0n) is 7.44. The van der Waals surface area contributed by atoms with Crippen molar-refractivity contribution in [3.05, 3.63) is 48.5 Å². The van der Waals surface area contributed by atoms with Gasteiger partial charge in [-0.1, -0.05) is 36.4 Å². The lowest BCUT2D eigenvalue weighted by Crippen LogP contribution is -1.83. The molecule has 2 aromatic carbocycles. The van der Waals surface area contributed by atoms with E-state index >= 15 is 0 Å². The van der Waals surface area contributed by atoms with Gasteiger partial charge in [0.05, 0.1) is 0 Å². The molecule has 3 rings (SSSR count). The van der Waals surface area contributed by atoms with Crippen LogP contribution in [0.5, 0.6) is 0 Å². The first-order chi connectivity index (χ1) is 6.95. The summed E-state index contributed by atoms with van der Waals surface area (Å²) in [6.07, 6.45) is 0. The van der Waals surface area contributed by atoms with Crippen molar-refractivity contribution in [1.29, 1.82) is 0 Å². The van der Waals surface area contributed by atoms with Crippen molar-refractivity contribution in [1.82, 2.24) is 0 Å². The molecule has 0 atom stereocenters. The van der Waals surface area contributed by atoms with Gasteiger partial charge in [0, 0.05) is 5.56 Å². The molecule has 14 heavy (non-hydrogen) atoms. The molecule has 0 saturated carbocycles. The molecule has 0 saturated heterocycles. The highest BCUT2D eigenvalue weighted by atomic mass is 15.2. The van der Waals surface area contributed by atoms with E-state index in [1.54, 1.807) is 0 Å². The lowest BCUT2D eigenvalue weighted by atomic mass is 10.0. The Morgan fingerprint density at radius 2 is 1.79 bits per heavy atom. The monoisotopic (exact) mass is 179 g/mol. The molecule has 0 bridgehead atoms. The molecule has 0 aromatic heterocycles. The Bertz CT molecular complexity index is 501. The van der Waals surface area contributed by atoms with Gasteiger partial charge in [-0.3, -0.25) is 0 Å². The SMILES string of the molecule is [c]1ccc(-c2cccc3c2N=N3)cc1. The van der Waals surface area contributed by atoms with Crippen molar-refractivity contribution in [2.24, 2.45) is 10.2 Å². The van der Waals surface area contributed by atoms with Crippen molar-refractivity contribution in [2.75, 3.05) is 0 Å². The number of hydrogen-bond donors (Lipinski definition) is 0. The molecule has 2 nitrogen and oxygen atoms in total. The smallest absolute Gasteiger partial charge is 0.121 e. The van der Waals surface area contributed by atoms with E-state index in [2.05, 4.69) is 22.4 Å². The fourth-order valence-electron chi connectivity index (χ4n) is 1.58. The molecule has 1 aliphatic heterocycles. The zero-order chi connectivity index (χ0) is 9.38. The highest BCUT2D eigenvalue weighted by Gasteiger charge is 2.14. The summed E-state index contributed by atoms with van der Waals surface area (Å²) in [5.41, 5.74) is 4.29. The summed E-state index contributed by atoms with van der Waals surface area (Å²) < 4.78 is 0. The predicted octanol–water partition coefficient (Wildman–Crippen LogP) is 3.88. The zero-order valence-corrected chi connectivity index (χ0v) is 7.44. The Kier molecular flexibility index (Phi) is 1.47. The standard InChI is InChI=1S/C12H7N2/c1-2-5-9(6-3-1)10-7-4-8-11-12(10)14-13-11/h2-8H. The van der Waals surface area contributed by atoms with Gasteiger partial charge in [0.1, 0.15) is 11.4 Å². The van der Waals surface area contributed by atoms with Gasteiger partial charge in [-0.15, -0.1) is 10.2 Å². The lowest BCUT2D eigenvalue weighted by Gasteiger charge is -2.12. The van der Waals surface area contributed by atoms with E-state index in [0.29, 0.717) is 0 Å². The summed E-state index contributed by atoms with van der Waals surface area (Å²) in [6.45, 7) is 0. The third-order valence-electron chi connectivity index (χ3n) is 2.30. The Morgan fingerprint density at radius 3 is 2.50 bits per heavy atom. The van der Waals surface area contributed by atoms with Gasteiger partial charge in [0.2, 0.25) is 0 Å². The second kappa shape index (κ2) is 2.77. The van der Waals surface area contributed by atoms with Gasteiger partial charge in [0.15, 0.2) is 0 Å². The predicted molar refractivity (Wildman–Crippen MR) is 54.9 cm³/mol. The van der Waals surface area contributed by atoms with Crippen molar-refractivity contribution >= 4 is 11.4 Å². The lowest BCUT2D eigenvalue weighted by molar-refractivity contribution is 1.14. The summed E-state index contributed by atoms with van der Waals surface area (Å²) in [7, 11) is 0. The minimum atomic E-state index is 0.982. The maximum Gasteiger partial charge on any atom is 0.121 e. The van der Waals surface area contributed by atoms with Gasteiger partial charge in [-0.2, -0.15) is 0 Å². The first-order valence-corrected chi connectivity index (χ1v) is 4.46. The Hall–Kier alpha value is -1.96. The van der Waals surface area contributed by atoms with Crippen LogP contribution in [-0.4, -0.2) is 0 Å². The molecule has 1 radical (unpaired) electrons. The van der Waals surface area contributed by atoms with E-state index in [1.807, 2.05) is 36.4 Å². The second-order valence-electron chi connectivity index (χ2n) is 3.16. The Balaban J connectivity index is 2.20. The van der Waals surface area contributed by atoms with Gasteiger partial charge < -0.3 is 0 Å².